The molecule has 3 aromatic rings. The number of benzene rings is 3. The van der Waals surface area contributed by atoms with Gasteiger partial charge in [-0.05, 0) is 35.9 Å². The predicted octanol–water partition coefficient (Wildman–Crippen LogP) is 4.58. The van der Waals surface area contributed by atoms with Gasteiger partial charge in [0.25, 0.3) is 5.91 Å². The largest absolute Gasteiger partial charge is 0.324 e. The molecule has 1 aliphatic heterocycles. The van der Waals surface area contributed by atoms with E-state index in [0.29, 0.717) is 23.5 Å². The van der Waals surface area contributed by atoms with E-state index in [2.05, 4.69) is 5.32 Å². The molecule has 0 bridgehead atoms. The van der Waals surface area contributed by atoms with Gasteiger partial charge in [0.15, 0.2) is 0 Å². The van der Waals surface area contributed by atoms with Crippen LogP contribution in [-0.4, -0.2) is 17.6 Å². The monoisotopic (exact) mass is 374 g/mol. The summed E-state index contributed by atoms with van der Waals surface area (Å²) in [5.41, 5.74) is 3.14. The van der Waals surface area contributed by atoms with Gasteiger partial charge in [-0.2, -0.15) is 0 Å². The van der Waals surface area contributed by atoms with Crippen LogP contribution >= 0.6 is 11.8 Å². The molecule has 0 fully saturated rings. The Labute approximate surface area is 162 Å². The van der Waals surface area contributed by atoms with E-state index in [1.165, 1.54) is 11.8 Å². The Morgan fingerprint density at radius 2 is 1.67 bits per heavy atom. The number of nitrogens with zero attached hydrogens (tertiary/aromatic N) is 1. The Kier molecular flexibility index (Phi) is 4.94. The minimum absolute atomic E-state index is 0.0405. The molecule has 0 aliphatic carbocycles. The first kappa shape index (κ1) is 17.4. The van der Waals surface area contributed by atoms with Gasteiger partial charge in [-0.1, -0.05) is 48.5 Å². The molecule has 0 aromatic heterocycles. The van der Waals surface area contributed by atoms with Gasteiger partial charge in [-0.3, -0.25) is 9.59 Å². The van der Waals surface area contributed by atoms with Crippen LogP contribution in [0.5, 0.6) is 0 Å². The van der Waals surface area contributed by atoms with Crippen molar-refractivity contribution in [1.82, 2.24) is 0 Å². The lowest BCUT2D eigenvalue weighted by atomic mass is 10.1. The number of anilines is 2. The van der Waals surface area contributed by atoms with Gasteiger partial charge in [-0.15, -0.1) is 11.8 Å². The van der Waals surface area contributed by atoms with E-state index < -0.39 is 0 Å². The number of para-hydroxylation sites is 1. The second-order valence-electron chi connectivity index (χ2n) is 6.26. The normalized spacial score (nSPS) is 12.8. The smallest absolute Gasteiger partial charge is 0.258 e. The summed E-state index contributed by atoms with van der Waals surface area (Å²) in [7, 11) is 0. The summed E-state index contributed by atoms with van der Waals surface area (Å²) in [5.74, 6) is 0.267. The summed E-state index contributed by atoms with van der Waals surface area (Å²) in [6.45, 7) is 0.474. The van der Waals surface area contributed by atoms with Gasteiger partial charge in [0.1, 0.15) is 0 Å². The third-order valence-corrected chi connectivity index (χ3v) is 5.43. The molecular weight excluding hydrogens is 356 g/mol. The van der Waals surface area contributed by atoms with E-state index in [0.717, 1.165) is 16.1 Å². The molecule has 0 spiro atoms. The van der Waals surface area contributed by atoms with E-state index in [4.69, 9.17) is 0 Å². The first-order valence-corrected chi connectivity index (χ1v) is 9.67. The zero-order valence-corrected chi connectivity index (χ0v) is 15.4. The van der Waals surface area contributed by atoms with Crippen molar-refractivity contribution >= 4 is 35.0 Å². The molecule has 4 rings (SSSR count). The molecule has 0 saturated heterocycles. The number of carbonyl (C=O) groups is 2. The summed E-state index contributed by atoms with van der Waals surface area (Å²) < 4.78 is 0. The number of hydrogen-bond acceptors (Lipinski definition) is 3. The van der Waals surface area contributed by atoms with Crippen LogP contribution in [0.2, 0.25) is 0 Å². The highest BCUT2D eigenvalue weighted by Crippen LogP contribution is 2.32. The summed E-state index contributed by atoms with van der Waals surface area (Å²) in [5, 5.41) is 2.85. The number of hydrogen-bond donors (Lipinski definition) is 1. The van der Waals surface area contributed by atoms with Crippen molar-refractivity contribution in [2.45, 2.75) is 11.4 Å². The van der Waals surface area contributed by atoms with Gasteiger partial charge in [0.05, 0.1) is 18.0 Å². The van der Waals surface area contributed by atoms with Crippen LogP contribution in [-0.2, 0) is 11.3 Å². The number of fused-ring (bicyclic) bond motifs is 1. The van der Waals surface area contributed by atoms with Crippen LogP contribution < -0.4 is 10.2 Å². The van der Waals surface area contributed by atoms with E-state index in [1.54, 1.807) is 11.0 Å². The summed E-state index contributed by atoms with van der Waals surface area (Å²) >= 11 is 1.49. The number of thioether (sulfide) groups is 1. The Balaban J connectivity index is 1.68. The van der Waals surface area contributed by atoms with Crippen LogP contribution in [0.25, 0.3) is 0 Å². The molecule has 0 radical (unpaired) electrons. The Hall–Kier alpha value is -3.05. The van der Waals surface area contributed by atoms with Crippen molar-refractivity contribution < 1.29 is 9.59 Å². The fraction of sp³-hybridized carbons (Fsp3) is 0.0909. The quantitative estimate of drug-likeness (QED) is 0.727. The topological polar surface area (TPSA) is 49.4 Å². The van der Waals surface area contributed by atoms with Crippen LogP contribution in [0.4, 0.5) is 11.4 Å². The molecule has 1 N–H and O–H groups in total. The van der Waals surface area contributed by atoms with E-state index in [9.17, 15) is 9.59 Å². The van der Waals surface area contributed by atoms with Crippen molar-refractivity contribution in [1.29, 1.82) is 0 Å². The first-order valence-electron chi connectivity index (χ1n) is 8.68. The Morgan fingerprint density at radius 3 is 2.41 bits per heavy atom. The molecule has 0 atom stereocenters. The molecular formula is C22H18N2O2S. The molecule has 5 heteroatoms. The number of carbonyl (C=O) groups excluding carboxylic acids is 2. The van der Waals surface area contributed by atoms with Crippen molar-refractivity contribution in [3.8, 4) is 0 Å². The maximum absolute atomic E-state index is 13.3. The molecule has 0 unspecified atom stereocenters. The van der Waals surface area contributed by atoms with Gasteiger partial charge < -0.3 is 10.2 Å². The molecule has 3 aromatic carbocycles. The summed E-state index contributed by atoms with van der Waals surface area (Å²) in [6, 6.07) is 25.0. The molecule has 134 valence electrons. The standard InChI is InChI=1S/C22H18N2O2S/c25-21-15-27-20-12-11-17(13-19(20)23-21)22(26)24(18-9-5-2-6-10-18)14-16-7-3-1-4-8-16/h1-13H,14-15H2,(H,23,25). The highest BCUT2D eigenvalue weighted by Gasteiger charge is 2.21. The first-order chi connectivity index (χ1) is 13.2. The average Bonchev–Trinajstić information content (AvgIpc) is 2.72. The highest BCUT2D eigenvalue weighted by atomic mass is 32.2. The van der Waals surface area contributed by atoms with E-state index in [-0.39, 0.29) is 11.8 Å². The van der Waals surface area contributed by atoms with Crippen LogP contribution in [0.1, 0.15) is 15.9 Å². The minimum Gasteiger partial charge on any atom is -0.324 e. The van der Waals surface area contributed by atoms with Gasteiger partial charge in [-0.25, -0.2) is 0 Å². The number of amides is 2. The predicted molar refractivity (Wildman–Crippen MR) is 109 cm³/mol. The molecule has 2 amide bonds. The molecule has 0 saturated carbocycles. The lowest BCUT2D eigenvalue weighted by molar-refractivity contribution is -0.113. The van der Waals surface area contributed by atoms with E-state index in [1.807, 2.05) is 72.8 Å². The zero-order chi connectivity index (χ0) is 18.6. The molecule has 1 aliphatic rings. The fourth-order valence-corrected chi connectivity index (χ4v) is 3.81. The third-order valence-electron chi connectivity index (χ3n) is 4.36. The van der Waals surface area contributed by atoms with Crippen LogP contribution in [0, 0.1) is 0 Å². The van der Waals surface area contributed by atoms with Gasteiger partial charge in [0, 0.05) is 16.1 Å². The number of rotatable bonds is 4. The van der Waals surface area contributed by atoms with Gasteiger partial charge >= 0.3 is 0 Å². The summed E-state index contributed by atoms with van der Waals surface area (Å²) in [4.78, 5) is 27.7. The number of nitrogens with one attached hydrogen (secondary N) is 1. The van der Waals surface area contributed by atoms with Crippen molar-refractivity contribution in [3.63, 3.8) is 0 Å². The third kappa shape index (κ3) is 3.88. The highest BCUT2D eigenvalue weighted by molar-refractivity contribution is 8.00. The minimum atomic E-state index is -0.0994. The second kappa shape index (κ2) is 7.68. The zero-order valence-electron chi connectivity index (χ0n) is 14.6. The molecule has 1 heterocycles. The van der Waals surface area contributed by atoms with Crippen molar-refractivity contribution in [3.05, 3.63) is 90.0 Å². The van der Waals surface area contributed by atoms with Crippen molar-refractivity contribution in [2.75, 3.05) is 16.0 Å². The molecule has 4 nitrogen and oxygen atoms in total. The Bertz CT molecular complexity index is 974. The van der Waals surface area contributed by atoms with E-state index >= 15 is 0 Å². The maximum atomic E-state index is 13.3. The van der Waals surface area contributed by atoms with Gasteiger partial charge in [0.2, 0.25) is 5.91 Å². The Morgan fingerprint density at radius 1 is 0.963 bits per heavy atom. The SMILES string of the molecule is O=C1CSc2ccc(C(=O)N(Cc3ccccc3)c3ccccc3)cc2N1. The summed E-state index contributed by atoms with van der Waals surface area (Å²) in [6.07, 6.45) is 0. The maximum Gasteiger partial charge on any atom is 0.258 e. The van der Waals surface area contributed by atoms with Crippen LogP contribution in [0.3, 0.4) is 0 Å². The van der Waals surface area contributed by atoms with Crippen LogP contribution in [0.15, 0.2) is 83.8 Å². The lowest BCUT2D eigenvalue weighted by Crippen LogP contribution is -2.30. The average molecular weight is 374 g/mol. The second-order valence-corrected chi connectivity index (χ2v) is 7.28. The molecule has 27 heavy (non-hydrogen) atoms. The fourth-order valence-electron chi connectivity index (χ4n) is 3.03. The lowest BCUT2D eigenvalue weighted by Gasteiger charge is -2.24. The van der Waals surface area contributed by atoms with Crippen molar-refractivity contribution in [2.24, 2.45) is 0 Å².